The molecular formula is C18H17ClN2O6S3. The van der Waals surface area contributed by atoms with Crippen molar-refractivity contribution >= 4 is 54.4 Å². The summed E-state index contributed by atoms with van der Waals surface area (Å²) < 4.78 is 66.0. The van der Waals surface area contributed by atoms with Crippen LogP contribution in [0.15, 0.2) is 63.7 Å². The monoisotopic (exact) mass is 488 g/mol. The lowest BCUT2D eigenvalue weighted by molar-refractivity contribution is 0.415. The Labute approximate surface area is 183 Å². The predicted octanol–water partition coefficient (Wildman–Crippen LogP) is 4.02. The SMILES string of the molecule is COc1ccc(NS(=O)(=O)c2ccc(OC)c(NS(=O)(=O)c3ccc(Cl)s3)c2)cc1. The Morgan fingerprint density at radius 2 is 1.53 bits per heavy atom. The zero-order chi connectivity index (χ0) is 21.9. The van der Waals surface area contributed by atoms with Crippen molar-refractivity contribution in [3.63, 3.8) is 0 Å². The van der Waals surface area contributed by atoms with Gasteiger partial charge < -0.3 is 9.47 Å². The molecule has 2 aromatic carbocycles. The molecule has 8 nitrogen and oxygen atoms in total. The number of anilines is 2. The van der Waals surface area contributed by atoms with Crippen LogP contribution in [-0.4, -0.2) is 31.1 Å². The lowest BCUT2D eigenvalue weighted by Crippen LogP contribution is -2.15. The van der Waals surface area contributed by atoms with Gasteiger partial charge in [-0.25, -0.2) is 16.8 Å². The van der Waals surface area contributed by atoms with Gasteiger partial charge in [-0.3, -0.25) is 9.44 Å². The average Bonchev–Trinajstić information content (AvgIpc) is 3.15. The second-order valence-electron chi connectivity index (χ2n) is 5.86. The molecule has 2 N–H and O–H groups in total. The lowest BCUT2D eigenvalue weighted by Gasteiger charge is -2.14. The number of ether oxygens (including phenoxy) is 2. The molecule has 0 atom stereocenters. The predicted molar refractivity (Wildman–Crippen MR) is 117 cm³/mol. The summed E-state index contributed by atoms with van der Waals surface area (Å²) in [6, 6.07) is 13.0. The van der Waals surface area contributed by atoms with Gasteiger partial charge in [0.2, 0.25) is 0 Å². The molecule has 0 aliphatic carbocycles. The lowest BCUT2D eigenvalue weighted by atomic mass is 10.3. The maximum Gasteiger partial charge on any atom is 0.271 e. The van der Waals surface area contributed by atoms with E-state index in [0.717, 1.165) is 11.3 Å². The Balaban J connectivity index is 1.92. The number of nitrogens with one attached hydrogen (secondary N) is 2. The number of hydrogen-bond acceptors (Lipinski definition) is 7. The highest BCUT2D eigenvalue weighted by atomic mass is 35.5. The minimum absolute atomic E-state index is 0.0147. The van der Waals surface area contributed by atoms with Gasteiger partial charge in [-0.2, -0.15) is 0 Å². The van der Waals surface area contributed by atoms with Crippen LogP contribution in [0.4, 0.5) is 11.4 Å². The van der Waals surface area contributed by atoms with E-state index in [1.54, 1.807) is 24.3 Å². The molecule has 0 bridgehead atoms. The first-order chi connectivity index (χ1) is 14.1. The van der Waals surface area contributed by atoms with Gasteiger partial charge >= 0.3 is 0 Å². The minimum atomic E-state index is -4.00. The number of hydrogen-bond donors (Lipinski definition) is 2. The summed E-state index contributed by atoms with van der Waals surface area (Å²) in [6.07, 6.45) is 0. The van der Waals surface area contributed by atoms with Gasteiger partial charge in [0.1, 0.15) is 15.7 Å². The Morgan fingerprint density at radius 1 is 0.833 bits per heavy atom. The summed E-state index contributed by atoms with van der Waals surface area (Å²) >= 11 is 6.69. The van der Waals surface area contributed by atoms with Crippen LogP contribution in [0, 0.1) is 0 Å². The smallest absolute Gasteiger partial charge is 0.271 e. The molecule has 0 spiro atoms. The molecule has 0 fully saturated rings. The molecular weight excluding hydrogens is 472 g/mol. The van der Waals surface area contributed by atoms with E-state index in [1.807, 2.05) is 0 Å². The Hall–Kier alpha value is -2.47. The van der Waals surface area contributed by atoms with E-state index in [9.17, 15) is 16.8 Å². The normalized spacial score (nSPS) is 11.7. The highest BCUT2D eigenvalue weighted by Crippen LogP contribution is 2.33. The molecule has 1 heterocycles. The number of halogens is 1. The first-order valence-electron chi connectivity index (χ1n) is 8.28. The first kappa shape index (κ1) is 22.2. The van der Waals surface area contributed by atoms with E-state index in [1.165, 1.54) is 44.6 Å². The van der Waals surface area contributed by atoms with Gasteiger partial charge in [-0.1, -0.05) is 11.6 Å². The Bertz CT molecular complexity index is 1260. The molecule has 0 saturated carbocycles. The van der Waals surface area contributed by atoms with Crippen molar-refractivity contribution in [2.75, 3.05) is 23.7 Å². The van der Waals surface area contributed by atoms with Gasteiger partial charge in [0, 0.05) is 5.69 Å². The van der Waals surface area contributed by atoms with Crippen molar-refractivity contribution in [1.29, 1.82) is 0 Å². The van der Waals surface area contributed by atoms with Crippen LogP contribution in [-0.2, 0) is 20.0 Å². The molecule has 0 amide bonds. The fourth-order valence-corrected chi connectivity index (χ4v) is 6.07. The number of thiophene rings is 1. The molecule has 0 aliphatic rings. The van der Waals surface area contributed by atoms with E-state index in [0.29, 0.717) is 15.8 Å². The fourth-order valence-electron chi connectivity index (χ4n) is 2.44. The van der Waals surface area contributed by atoms with Crippen molar-refractivity contribution in [3.05, 3.63) is 58.9 Å². The van der Waals surface area contributed by atoms with Crippen LogP contribution in [0.2, 0.25) is 4.34 Å². The number of rotatable bonds is 8. The third-order valence-corrected chi connectivity index (χ3v) is 8.35. The van der Waals surface area contributed by atoms with Crippen molar-refractivity contribution in [3.8, 4) is 11.5 Å². The van der Waals surface area contributed by atoms with Crippen molar-refractivity contribution in [2.24, 2.45) is 0 Å². The molecule has 0 saturated heterocycles. The van der Waals surface area contributed by atoms with Crippen molar-refractivity contribution < 1.29 is 26.3 Å². The van der Waals surface area contributed by atoms with Gasteiger partial charge in [-0.05, 0) is 54.6 Å². The van der Waals surface area contributed by atoms with E-state index in [4.69, 9.17) is 21.1 Å². The van der Waals surface area contributed by atoms with Crippen LogP contribution >= 0.6 is 22.9 Å². The second-order valence-corrected chi connectivity index (χ2v) is 11.2. The van der Waals surface area contributed by atoms with Crippen molar-refractivity contribution in [2.45, 2.75) is 9.10 Å². The van der Waals surface area contributed by atoms with Crippen LogP contribution < -0.4 is 18.9 Å². The third-order valence-electron chi connectivity index (χ3n) is 3.88. The molecule has 3 aromatic rings. The summed E-state index contributed by atoms with van der Waals surface area (Å²) in [5.74, 6) is 0.734. The Morgan fingerprint density at radius 3 is 2.10 bits per heavy atom. The standard InChI is InChI=1S/C18H17ClN2O6S3/c1-26-13-5-3-12(4-6-13)20-29(22,23)14-7-8-16(27-2)15(11-14)21-30(24,25)18-10-9-17(19)28-18/h3-11,20-21H,1-2H3. The van der Waals surface area contributed by atoms with Crippen LogP contribution in [0.1, 0.15) is 0 Å². The summed E-state index contributed by atoms with van der Waals surface area (Å²) in [5.41, 5.74) is 0.293. The minimum Gasteiger partial charge on any atom is -0.497 e. The number of benzene rings is 2. The molecule has 0 radical (unpaired) electrons. The van der Waals surface area contributed by atoms with E-state index < -0.39 is 20.0 Å². The van der Waals surface area contributed by atoms with Crippen molar-refractivity contribution in [1.82, 2.24) is 0 Å². The highest BCUT2D eigenvalue weighted by Gasteiger charge is 2.22. The van der Waals surface area contributed by atoms with E-state index >= 15 is 0 Å². The van der Waals surface area contributed by atoms with Gasteiger partial charge in [0.25, 0.3) is 20.0 Å². The van der Waals surface area contributed by atoms with E-state index in [-0.39, 0.29) is 20.5 Å². The maximum absolute atomic E-state index is 12.8. The highest BCUT2D eigenvalue weighted by molar-refractivity contribution is 7.94. The Kier molecular flexibility index (Phi) is 6.46. The second kappa shape index (κ2) is 8.72. The summed E-state index contributed by atoms with van der Waals surface area (Å²) in [4.78, 5) is -0.152. The fraction of sp³-hybridized carbons (Fsp3) is 0.111. The molecule has 1 aromatic heterocycles. The average molecular weight is 489 g/mol. The van der Waals surface area contributed by atoms with Gasteiger partial charge in [0.05, 0.1) is 29.1 Å². The molecule has 30 heavy (non-hydrogen) atoms. The zero-order valence-corrected chi connectivity index (χ0v) is 19.0. The first-order valence-corrected chi connectivity index (χ1v) is 12.4. The molecule has 0 aliphatic heterocycles. The van der Waals surface area contributed by atoms with Gasteiger partial charge in [-0.15, -0.1) is 11.3 Å². The number of methoxy groups -OCH3 is 2. The van der Waals surface area contributed by atoms with E-state index in [2.05, 4.69) is 9.44 Å². The summed E-state index contributed by atoms with van der Waals surface area (Å²) in [7, 11) is -5.13. The molecule has 160 valence electrons. The quantitative estimate of drug-likeness (QED) is 0.495. The summed E-state index contributed by atoms with van der Waals surface area (Å²) in [6.45, 7) is 0. The zero-order valence-electron chi connectivity index (χ0n) is 15.7. The largest absolute Gasteiger partial charge is 0.497 e. The summed E-state index contributed by atoms with van der Waals surface area (Å²) in [5, 5.41) is 0. The van der Waals surface area contributed by atoms with Gasteiger partial charge in [0.15, 0.2) is 0 Å². The van der Waals surface area contributed by atoms with Crippen LogP contribution in [0.25, 0.3) is 0 Å². The topological polar surface area (TPSA) is 111 Å². The maximum atomic E-state index is 12.8. The third kappa shape index (κ3) is 4.98. The number of sulfonamides is 2. The molecule has 0 unspecified atom stereocenters. The van der Waals surface area contributed by atoms with Crippen LogP contribution in [0.5, 0.6) is 11.5 Å². The van der Waals surface area contributed by atoms with Crippen LogP contribution in [0.3, 0.4) is 0 Å². The molecule has 12 heteroatoms. The molecule has 3 rings (SSSR count).